The second-order valence-electron chi connectivity index (χ2n) is 9.95. The fraction of sp³-hybridized carbons (Fsp3) is 0.654. The van der Waals surface area contributed by atoms with Gasteiger partial charge in [0.25, 0.3) is 0 Å². The number of rotatable bonds is 9. The van der Waals surface area contributed by atoms with E-state index in [2.05, 4.69) is 42.2 Å². The second-order valence-corrected chi connectivity index (χ2v) is 9.95. The van der Waals surface area contributed by atoms with E-state index >= 15 is 0 Å². The van der Waals surface area contributed by atoms with Crippen LogP contribution in [0.3, 0.4) is 0 Å². The molecule has 1 aromatic heterocycles. The summed E-state index contributed by atoms with van der Waals surface area (Å²) in [5, 5.41) is 4.21. The van der Waals surface area contributed by atoms with Gasteiger partial charge in [0, 0.05) is 12.1 Å². The Hall–Kier alpha value is -2.37. The van der Waals surface area contributed by atoms with Crippen LogP contribution in [0.2, 0.25) is 0 Å². The SMILES string of the molecule is CCCCCCCCc1ccc(-c2noc(C3CCCN3C(=O)OC(C)(C)C)n2)cc1C. The zero-order valence-corrected chi connectivity index (χ0v) is 20.4. The lowest BCUT2D eigenvalue weighted by atomic mass is 9.99. The number of unbranched alkanes of at least 4 members (excludes halogenated alkanes) is 5. The molecule has 2 heterocycles. The van der Waals surface area contributed by atoms with Gasteiger partial charge in [0.05, 0.1) is 0 Å². The van der Waals surface area contributed by atoms with E-state index in [9.17, 15) is 4.79 Å². The number of nitrogens with zero attached hydrogens (tertiary/aromatic N) is 3. The molecule has 1 amide bonds. The normalized spacial score (nSPS) is 16.5. The lowest BCUT2D eigenvalue weighted by molar-refractivity contribution is 0.0199. The molecule has 1 aromatic carbocycles. The van der Waals surface area contributed by atoms with Gasteiger partial charge in [0.1, 0.15) is 11.6 Å². The van der Waals surface area contributed by atoms with Crippen molar-refractivity contribution >= 4 is 6.09 Å². The summed E-state index contributed by atoms with van der Waals surface area (Å²) in [6, 6.07) is 6.18. The van der Waals surface area contributed by atoms with Crippen molar-refractivity contribution in [3.63, 3.8) is 0 Å². The van der Waals surface area contributed by atoms with Gasteiger partial charge < -0.3 is 9.26 Å². The fourth-order valence-corrected chi connectivity index (χ4v) is 4.26. The lowest BCUT2D eigenvalue weighted by Gasteiger charge is -2.26. The number of ether oxygens (including phenoxy) is 1. The van der Waals surface area contributed by atoms with E-state index in [-0.39, 0.29) is 12.1 Å². The van der Waals surface area contributed by atoms with Crippen molar-refractivity contribution in [2.24, 2.45) is 0 Å². The Morgan fingerprint density at radius 2 is 1.94 bits per heavy atom. The maximum atomic E-state index is 12.6. The van der Waals surface area contributed by atoms with Crippen molar-refractivity contribution in [2.75, 3.05) is 6.54 Å². The highest BCUT2D eigenvalue weighted by Gasteiger charge is 2.36. The number of aromatic nitrogens is 2. The van der Waals surface area contributed by atoms with E-state index < -0.39 is 5.60 Å². The Bertz CT molecular complexity index is 885. The molecule has 6 nitrogen and oxygen atoms in total. The molecular formula is C26H39N3O3. The summed E-state index contributed by atoms with van der Waals surface area (Å²) < 4.78 is 11.1. The average Bonchev–Trinajstić information content (AvgIpc) is 3.39. The molecule has 176 valence electrons. The van der Waals surface area contributed by atoms with Crippen molar-refractivity contribution in [1.29, 1.82) is 0 Å². The van der Waals surface area contributed by atoms with Crippen molar-refractivity contribution < 1.29 is 14.1 Å². The Morgan fingerprint density at radius 3 is 2.66 bits per heavy atom. The summed E-state index contributed by atoms with van der Waals surface area (Å²) in [7, 11) is 0. The fourth-order valence-electron chi connectivity index (χ4n) is 4.26. The number of hydrogen-bond acceptors (Lipinski definition) is 5. The zero-order chi connectivity index (χ0) is 23.1. The number of aryl methyl sites for hydroxylation is 2. The summed E-state index contributed by atoms with van der Waals surface area (Å²) in [5.41, 5.74) is 3.07. The third-order valence-corrected chi connectivity index (χ3v) is 6.01. The van der Waals surface area contributed by atoms with E-state index in [1.165, 1.54) is 49.7 Å². The van der Waals surface area contributed by atoms with Crippen LogP contribution in [0.1, 0.15) is 102 Å². The predicted octanol–water partition coefficient (Wildman–Crippen LogP) is 7.02. The van der Waals surface area contributed by atoms with Crippen LogP contribution >= 0.6 is 0 Å². The van der Waals surface area contributed by atoms with Crippen LogP contribution in [0.25, 0.3) is 11.4 Å². The first-order chi connectivity index (χ1) is 15.3. The smallest absolute Gasteiger partial charge is 0.410 e. The van der Waals surface area contributed by atoms with Gasteiger partial charge >= 0.3 is 6.09 Å². The molecule has 1 aliphatic rings. The first-order valence-electron chi connectivity index (χ1n) is 12.2. The summed E-state index contributed by atoms with van der Waals surface area (Å²) in [6.45, 7) is 10.7. The molecule has 1 atom stereocenters. The maximum Gasteiger partial charge on any atom is 0.410 e. The van der Waals surface area contributed by atoms with Crippen molar-refractivity contribution in [3.05, 3.63) is 35.2 Å². The molecule has 3 rings (SSSR count). The highest BCUT2D eigenvalue weighted by Crippen LogP contribution is 2.33. The summed E-state index contributed by atoms with van der Waals surface area (Å²) in [6.07, 6.45) is 10.3. The van der Waals surface area contributed by atoms with Crippen molar-refractivity contribution in [1.82, 2.24) is 15.0 Å². The van der Waals surface area contributed by atoms with Gasteiger partial charge in [-0.1, -0.05) is 56.3 Å². The van der Waals surface area contributed by atoms with E-state index in [0.29, 0.717) is 18.3 Å². The van der Waals surface area contributed by atoms with E-state index in [1.807, 2.05) is 20.8 Å². The molecule has 0 bridgehead atoms. The van der Waals surface area contributed by atoms with Crippen LogP contribution in [0.15, 0.2) is 22.7 Å². The molecule has 0 radical (unpaired) electrons. The van der Waals surface area contributed by atoms with Gasteiger partial charge in [-0.2, -0.15) is 4.98 Å². The van der Waals surface area contributed by atoms with Crippen LogP contribution in [0.5, 0.6) is 0 Å². The van der Waals surface area contributed by atoms with Crippen LogP contribution in [-0.4, -0.2) is 33.3 Å². The molecule has 0 aliphatic carbocycles. The molecule has 2 aromatic rings. The third-order valence-electron chi connectivity index (χ3n) is 6.01. The summed E-state index contributed by atoms with van der Waals surface area (Å²) in [4.78, 5) is 18.9. The van der Waals surface area contributed by atoms with E-state index in [1.54, 1.807) is 4.90 Å². The molecule has 0 N–H and O–H groups in total. The van der Waals surface area contributed by atoms with Crippen LogP contribution in [0, 0.1) is 6.92 Å². The molecule has 1 unspecified atom stereocenters. The molecular weight excluding hydrogens is 402 g/mol. The van der Waals surface area contributed by atoms with Crippen LogP contribution < -0.4 is 0 Å². The Kier molecular flexibility index (Phi) is 8.32. The van der Waals surface area contributed by atoms with Crippen molar-refractivity contribution in [2.45, 2.75) is 104 Å². The minimum Gasteiger partial charge on any atom is -0.444 e. The molecule has 1 aliphatic heterocycles. The third kappa shape index (κ3) is 6.57. The molecule has 1 saturated heterocycles. The van der Waals surface area contributed by atoms with Gasteiger partial charge in [-0.3, -0.25) is 4.90 Å². The number of carbonyl (C=O) groups is 1. The number of likely N-dealkylation sites (tertiary alicyclic amines) is 1. The molecule has 0 spiro atoms. The number of benzene rings is 1. The van der Waals surface area contributed by atoms with Gasteiger partial charge in [0.2, 0.25) is 11.7 Å². The first-order valence-corrected chi connectivity index (χ1v) is 12.2. The number of hydrogen-bond donors (Lipinski definition) is 0. The Labute approximate surface area is 192 Å². The van der Waals surface area contributed by atoms with Gasteiger partial charge in [-0.05, 0) is 70.6 Å². The second kappa shape index (κ2) is 11.0. The Morgan fingerprint density at radius 1 is 1.19 bits per heavy atom. The van der Waals surface area contributed by atoms with Crippen molar-refractivity contribution in [3.8, 4) is 11.4 Å². The van der Waals surface area contributed by atoms with Gasteiger partial charge in [-0.25, -0.2) is 4.79 Å². The average molecular weight is 442 g/mol. The summed E-state index contributed by atoms with van der Waals surface area (Å²) >= 11 is 0. The number of amides is 1. The van der Waals surface area contributed by atoms with Crippen LogP contribution in [0.4, 0.5) is 4.79 Å². The molecule has 0 saturated carbocycles. The molecule has 6 heteroatoms. The minimum absolute atomic E-state index is 0.223. The highest BCUT2D eigenvalue weighted by atomic mass is 16.6. The largest absolute Gasteiger partial charge is 0.444 e. The first kappa shape index (κ1) is 24.3. The lowest BCUT2D eigenvalue weighted by Crippen LogP contribution is -2.36. The number of carbonyl (C=O) groups excluding carboxylic acids is 1. The topological polar surface area (TPSA) is 68.5 Å². The predicted molar refractivity (Wildman–Crippen MR) is 126 cm³/mol. The maximum absolute atomic E-state index is 12.6. The molecule has 32 heavy (non-hydrogen) atoms. The Balaban J connectivity index is 1.62. The zero-order valence-electron chi connectivity index (χ0n) is 20.4. The quantitative estimate of drug-likeness (QED) is 0.391. The van der Waals surface area contributed by atoms with E-state index in [4.69, 9.17) is 9.26 Å². The minimum atomic E-state index is -0.529. The van der Waals surface area contributed by atoms with Gasteiger partial charge in [0.15, 0.2) is 0 Å². The molecule has 1 fully saturated rings. The highest BCUT2D eigenvalue weighted by molar-refractivity contribution is 5.69. The van der Waals surface area contributed by atoms with Gasteiger partial charge in [-0.15, -0.1) is 0 Å². The van der Waals surface area contributed by atoms with Crippen LogP contribution in [-0.2, 0) is 11.2 Å². The standard InChI is InChI=1S/C26H39N3O3/c1-6-7-8-9-10-11-13-20-15-16-21(18-19(20)2)23-27-24(32-28-23)22-14-12-17-29(22)25(30)31-26(3,4)5/h15-16,18,22H,6-14,17H2,1-5H3. The monoisotopic (exact) mass is 441 g/mol. The van der Waals surface area contributed by atoms with E-state index in [0.717, 1.165) is 24.8 Å². The summed E-state index contributed by atoms with van der Waals surface area (Å²) in [5.74, 6) is 1.06.